The summed E-state index contributed by atoms with van der Waals surface area (Å²) in [5.74, 6) is 0.464. The summed E-state index contributed by atoms with van der Waals surface area (Å²) in [4.78, 5) is 12.1. The van der Waals surface area contributed by atoms with E-state index in [2.05, 4.69) is 5.32 Å². The van der Waals surface area contributed by atoms with Crippen molar-refractivity contribution in [2.45, 2.75) is 26.6 Å². The zero-order valence-electron chi connectivity index (χ0n) is 13.5. The second kappa shape index (κ2) is 7.65. The zero-order chi connectivity index (χ0) is 16.8. The van der Waals surface area contributed by atoms with Crippen LogP contribution in [0.5, 0.6) is 11.5 Å². The molecule has 0 aromatic heterocycles. The Morgan fingerprint density at radius 1 is 1.26 bits per heavy atom. The number of carbonyl (C=O) groups excluding carboxylic acids is 1. The van der Waals surface area contributed by atoms with Gasteiger partial charge in [0.25, 0.3) is 5.91 Å². The molecule has 2 aromatic carbocycles. The zero-order valence-corrected chi connectivity index (χ0v) is 13.5. The number of aromatic hydroxyl groups is 1. The third-order valence-corrected chi connectivity index (χ3v) is 3.41. The van der Waals surface area contributed by atoms with Gasteiger partial charge in [-0.1, -0.05) is 18.2 Å². The first-order valence-corrected chi connectivity index (χ1v) is 7.34. The van der Waals surface area contributed by atoms with Gasteiger partial charge in [-0.25, -0.2) is 0 Å². The smallest absolute Gasteiger partial charge is 0.253 e. The largest absolute Gasteiger partial charge is 0.506 e. The molecule has 0 fully saturated rings. The first kappa shape index (κ1) is 16.8. The van der Waals surface area contributed by atoms with Crippen LogP contribution in [-0.4, -0.2) is 24.2 Å². The van der Waals surface area contributed by atoms with E-state index in [0.717, 1.165) is 16.9 Å². The molecule has 0 aliphatic carbocycles. The highest BCUT2D eigenvalue weighted by atomic mass is 16.5. The maximum atomic E-state index is 12.1. The van der Waals surface area contributed by atoms with Crippen LogP contribution in [0, 0.1) is 6.92 Å². The lowest BCUT2D eigenvalue weighted by molar-refractivity contribution is -0.127. The van der Waals surface area contributed by atoms with Crippen molar-refractivity contribution < 1.29 is 19.4 Å². The molecule has 0 bridgehead atoms. The number of rotatable bonds is 6. The van der Waals surface area contributed by atoms with Gasteiger partial charge in [-0.05, 0) is 49.2 Å². The molecule has 23 heavy (non-hydrogen) atoms. The van der Waals surface area contributed by atoms with Gasteiger partial charge in [0.05, 0.1) is 19.4 Å². The number of hydrogen-bond donors (Lipinski definition) is 2. The average Bonchev–Trinajstić information content (AvgIpc) is 2.56. The van der Waals surface area contributed by atoms with E-state index < -0.39 is 6.10 Å². The molecule has 2 rings (SSSR count). The maximum absolute atomic E-state index is 12.1. The first-order valence-electron chi connectivity index (χ1n) is 7.34. The van der Waals surface area contributed by atoms with Gasteiger partial charge in [-0.15, -0.1) is 0 Å². The Hall–Kier alpha value is -2.53. The van der Waals surface area contributed by atoms with E-state index >= 15 is 0 Å². The van der Waals surface area contributed by atoms with Gasteiger partial charge in [-0.2, -0.15) is 0 Å². The number of phenols is 1. The average molecular weight is 315 g/mol. The Kier molecular flexibility index (Phi) is 5.60. The summed E-state index contributed by atoms with van der Waals surface area (Å²) in [5.41, 5.74) is 2.25. The van der Waals surface area contributed by atoms with Gasteiger partial charge in [0.2, 0.25) is 0 Å². The number of anilines is 1. The van der Waals surface area contributed by atoms with Crippen LogP contribution in [0.15, 0.2) is 42.5 Å². The molecular formula is C18H21NO4. The monoisotopic (exact) mass is 315 g/mol. The van der Waals surface area contributed by atoms with E-state index in [1.54, 1.807) is 32.2 Å². The van der Waals surface area contributed by atoms with E-state index in [1.165, 1.54) is 0 Å². The molecule has 5 heteroatoms. The Bertz CT molecular complexity index is 684. The molecule has 1 unspecified atom stereocenters. The standard InChI is InChI=1S/C18H21NO4/c1-12-7-8-17(20)16(9-12)19-18(21)13(2)23-11-14-5-4-6-15(10-14)22-3/h4-10,13,20H,11H2,1-3H3,(H,19,21). The molecule has 0 aliphatic rings. The lowest BCUT2D eigenvalue weighted by atomic mass is 10.2. The normalized spacial score (nSPS) is 11.8. The van der Waals surface area contributed by atoms with Crippen molar-refractivity contribution in [2.24, 2.45) is 0 Å². The van der Waals surface area contributed by atoms with E-state index in [4.69, 9.17) is 9.47 Å². The van der Waals surface area contributed by atoms with Gasteiger partial charge in [-0.3, -0.25) is 4.79 Å². The minimum atomic E-state index is -0.652. The summed E-state index contributed by atoms with van der Waals surface area (Å²) in [6.07, 6.45) is -0.652. The molecule has 0 spiro atoms. The van der Waals surface area contributed by atoms with E-state index in [9.17, 15) is 9.90 Å². The van der Waals surface area contributed by atoms with Crippen LogP contribution in [-0.2, 0) is 16.1 Å². The second-order valence-electron chi connectivity index (χ2n) is 5.31. The van der Waals surface area contributed by atoms with Crippen molar-refractivity contribution in [1.82, 2.24) is 0 Å². The van der Waals surface area contributed by atoms with Crippen LogP contribution in [0.4, 0.5) is 5.69 Å². The highest BCUT2D eigenvalue weighted by Gasteiger charge is 2.15. The quantitative estimate of drug-likeness (QED) is 0.803. The minimum absolute atomic E-state index is 0.0314. The molecule has 0 saturated carbocycles. The van der Waals surface area contributed by atoms with Crippen LogP contribution >= 0.6 is 0 Å². The highest BCUT2D eigenvalue weighted by molar-refractivity contribution is 5.95. The minimum Gasteiger partial charge on any atom is -0.506 e. The van der Waals surface area contributed by atoms with Gasteiger partial charge in [0, 0.05) is 0 Å². The molecule has 0 heterocycles. The van der Waals surface area contributed by atoms with Crippen LogP contribution in [0.2, 0.25) is 0 Å². The number of phenolic OH excluding ortho intramolecular Hbond substituents is 1. The van der Waals surface area contributed by atoms with Gasteiger partial charge in [0.15, 0.2) is 0 Å². The fourth-order valence-corrected chi connectivity index (χ4v) is 2.04. The molecule has 2 N–H and O–H groups in total. The van der Waals surface area contributed by atoms with Crippen LogP contribution in [0.25, 0.3) is 0 Å². The molecule has 1 amide bonds. The number of carbonyl (C=O) groups is 1. The summed E-state index contributed by atoms with van der Waals surface area (Å²) in [6.45, 7) is 3.85. The summed E-state index contributed by atoms with van der Waals surface area (Å²) in [6, 6.07) is 12.5. The number of hydrogen-bond acceptors (Lipinski definition) is 4. The highest BCUT2D eigenvalue weighted by Crippen LogP contribution is 2.24. The topological polar surface area (TPSA) is 67.8 Å². The van der Waals surface area contributed by atoms with Crippen LogP contribution in [0.3, 0.4) is 0 Å². The number of nitrogens with one attached hydrogen (secondary N) is 1. The molecule has 1 atom stereocenters. The van der Waals surface area contributed by atoms with E-state index in [1.807, 2.05) is 31.2 Å². The fourth-order valence-electron chi connectivity index (χ4n) is 2.04. The number of benzene rings is 2. The third-order valence-electron chi connectivity index (χ3n) is 3.41. The van der Waals surface area contributed by atoms with Crippen LogP contribution < -0.4 is 10.1 Å². The van der Waals surface area contributed by atoms with Crippen molar-refractivity contribution in [3.8, 4) is 11.5 Å². The van der Waals surface area contributed by atoms with Gasteiger partial charge < -0.3 is 19.9 Å². The lowest BCUT2D eigenvalue weighted by Gasteiger charge is -2.15. The Morgan fingerprint density at radius 3 is 2.78 bits per heavy atom. The summed E-state index contributed by atoms with van der Waals surface area (Å²) in [7, 11) is 1.60. The van der Waals surface area contributed by atoms with Crippen molar-refractivity contribution in [3.05, 3.63) is 53.6 Å². The van der Waals surface area contributed by atoms with E-state index in [0.29, 0.717) is 12.3 Å². The molecule has 0 saturated heterocycles. The van der Waals surface area contributed by atoms with Crippen LogP contribution in [0.1, 0.15) is 18.1 Å². The molecular weight excluding hydrogens is 294 g/mol. The Labute approximate surface area is 135 Å². The SMILES string of the molecule is COc1cccc(COC(C)C(=O)Nc2cc(C)ccc2O)c1. The van der Waals surface area contributed by atoms with Gasteiger partial charge >= 0.3 is 0 Å². The molecule has 122 valence electrons. The van der Waals surface area contributed by atoms with Crippen molar-refractivity contribution in [3.63, 3.8) is 0 Å². The second-order valence-corrected chi connectivity index (χ2v) is 5.31. The third kappa shape index (κ3) is 4.72. The first-order chi connectivity index (χ1) is 11.0. The molecule has 0 aliphatic heterocycles. The molecule has 5 nitrogen and oxygen atoms in total. The lowest BCUT2D eigenvalue weighted by Crippen LogP contribution is -2.27. The maximum Gasteiger partial charge on any atom is 0.253 e. The molecule has 0 radical (unpaired) electrons. The number of ether oxygens (including phenoxy) is 2. The predicted molar refractivity (Wildman–Crippen MR) is 88.7 cm³/mol. The predicted octanol–water partition coefficient (Wildman–Crippen LogP) is 3.25. The number of methoxy groups -OCH3 is 1. The summed E-state index contributed by atoms with van der Waals surface area (Å²) in [5, 5.41) is 12.4. The summed E-state index contributed by atoms with van der Waals surface area (Å²) < 4.78 is 10.7. The Morgan fingerprint density at radius 2 is 2.04 bits per heavy atom. The van der Waals surface area contributed by atoms with Crippen molar-refractivity contribution in [2.75, 3.05) is 12.4 Å². The van der Waals surface area contributed by atoms with E-state index in [-0.39, 0.29) is 11.7 Å². The fraction of sp³-hybridized carbons (Fsp3) is 0.278. The Balaban J connectivity index is 1.93. The number of amides is 1. The summed E-state index contributed by atoms with van der Waals surface area (Å²) >= 11 is 0. The van der Waals surface area contributed by atoms with Gasteiger partial charge in [0.1, 0.15) is 17.6 Å². The van der Waals surface area contributed by atoms with Crippen molar-refractivity contribution >= 4 is 11.6 Å². The molecule has 2 aromatic rings. The van der Waals surface area contributed by atoms with Crippen molar-refractivity contribution in [1.29, 1.82) is 0 Å². The number of aryl methyl sites for hydroxylation is 1.